The molecule has 0 saturated carbocycles. The number of hydrogen-bond acceptors (Lipinski definition) is 4. The number of carbonyl (C=O) groups is 2. The molecule has 0 spiro atoms. The molecule has 0 bridgehead atoms. The third-order valence-corrected chi connectivity index (χ3v) is 2.81. The quantitative estimate of drug-likeness (QED) is 0.598. The lowest BCUT2D eigenvalue weighted by molar-refractivity contribution is 0.0889. The van der Waals surface area contributed by atoms with Crippen molar-refractivity contribution in [3.63, 3.8) is 0 Å². The van der Waals surface area contributed by atoms with Gasteiger partial charge in [0.15, 0.2) is 11.6 Å². The van der Waals surface area contributed by atoms with Gasteiger partial charge in [-0.3, -0.25) is 14.3 Å². The van der Waals surface area contributed by atoms with Crippen LogP contribution in [0.15, 0.2) is 36.5 Å². The molecule has 0 saturated heterocycles. The molecule has 2 rings (SSSR count). The largest absolute Gasteiger partial charge is 0.493 e. The Morgan fingerprint density at radius 3 is 2.60 bits per heavy atom. The summed E-state index contributed by atoms with van der Waals surface area (Å²) in [5, 5.41) is 4.00. The predicted octanol–water partition coefficient (Wildman–Crippen LogP) is 2.27. The molecule has 0 unspecified atom stereocenters. The zero-order valence-corrected chi connectivity index (χ0v) is 11.5. The summed E-state index contributed by atoms with van der Waals surface area (Å²) in [4.78, 5) is 24.2. The number of ether oxygens (including phenoxy) is 1. The maximum Gasteiger partial charge on any atom is 0.190 e. The van der Waals surface area contributed by atoms with Gasteiger partial charge in [-0.15, -0.1) is 0 Å². The van der Waals surface area contributed by atoms with Crippen molar-refractivity contribution in [2.75, 3.05) is 6.61 Å². The molecule has 0 fully saturated rings. The average Bonchev–Trinajstić information content (AvgIpc) is 2.86. The van der Waals surface area contributed by atoms with Gasteiger partial charge in [0.05, 0.1) is 18.6 Å². The summed E-state index contributed by atoms with van der Waals surface area (Å²) >= 11 is 0. The number of nitrogens with zero attached hydrogens (tertiary/aromatic N) is 2. The van der Waals surface area contributed by atoms with Crippen LogP contribution in [0.2, 0.25) is 0 Å². The molecule has 0 radical (unpaired) electrons. The fraction of sp³-hybridized carbons (Fsp3) is 0.267. The van der Waals surface area contributed by atoms with Crippen molar-refractivity contribution in [1.82, 2.24) is 9.78 Å². The van der Waals surface area contributed by atoms with E-state index < -0.39 is 0 Å². The topological polar surface area (TPSA) is 61.2 Å². The highest BCUT2D eigenvalue weighted by Crippen LogP contribution is 2.20. The number of aromatic nitrogens is 2. The third kappa shape index (κ3) is 3.12. The molecule has 1 heterocycles. The first-order valence-electron chi connectivity index (χ1n) is 6.39. The van der Waals surface area contributed by atoms with Crippen molar-refractivity contribution in [2.24, 2.45) is 7.05 Å². The minimum absolute atomic E-state index is 0.207. The van der Waals surface area contributed by atoms with Crippen molar-refractivity contribution < 1.29 is 14.3 Å². The van der Waals surface area contributed by atoms with E-state index in [2.05, 4.69) is 5.10 Å². The fourth-order valence-corrected chi connectivity index (χ4v) is 1.87. The molecule has 104 valence electrons. The van der Waals surface area contributed by atoms with E-state index in [4.69, 9.17) is 4.74 Å². The normalized spacial score (nSPS) is 10.3. The maximum absolute atomic E-state index is 12.2. The standard InChI is InChI=1S/C15H16N2O3/c1-3-20-15-7-5-4-6-11(15)13(18)10-14(19)12-8-9-17(2)16-12/h4-9H,3,10H2,1-2H3. The molecule has 0 aliphatic rings. The fourth-order valence-electron chi connectivity index (χ4n) is 1.87. The second kappa shape index (κ2) is 6.14. The minimum Gasteiger partial charge on any atom is -0.493 e. The molecule has 5 nitrogen and oxygen atoms in total. The van der Waals surface area contributed by atoms with E-state index in [1.807, 2.05) is 6.92 Å². The minimum atomic E-state index is -0.290. The second-order valence-corrected chi connectivity index (χ2v) is 4.33. The van der Waals surface area contributed by atoms with Crippen LogP contribution in [0.1, 0.15) is 34.2 Å². The summed E-state index contributed by atoms with van der Waals surface area (Å²) in [5.74, 6) is -0.0413. The Morgan fingerprint density at radius 1 is 1.20 bits per heavy atom. The van der Waals surface area contributed by atoms with Crippen molar-refractivity contribution in [3.05, 3.63) is 47.8 Å². The number of hydrogen-bond donors (Lipinski definition) is 0. The number of carbonyl (C=O) groups excluding carboxylic acids is 2. The molecule has 0 amide bonds. The average molecular weight is 272 g/mol. The van der Waals surface area contributed by atoms with Gasteiger partial charge in [-0.2, -0.15) is 5.10 Å². The van der Waals surface area contributed by atoms with Gasteiger partial charge in [0.2, 0.25) is 0 Å². The molecule has 0 N–H and O–H groups in total. The zero-order chi connectivity index (χ0) is 14.5. The lowest BCUT2D eigenvalue weighted by Crippen LogP contribution is -2.11. The molecule has 0 aliphatic heterocycles. The number of ketones is 2. The number of rotatable bonds is 6. The Bertz CT molecular complexity index is 632. The van der Waals surface area contributed by atoms with E-state index in [0.29, 0.717) is 23.6 Å². The van der Waals surface area contributed by atoms with Crippen LogP contribution in [0.5, 0.6) is 5.75 Å². The van der Waals surface area contributed by atoms with Gasteiger partial charge in [0.1, 0.15) is 11.4 Å². The summed E-state index contributed by atoms with van der Waals surface area (Å²) in [6.45, 7) is 2.32. The second-order valence-electron chi connectivity index (χ2n) is 4.33. The highest BCUT2D eigenvalue weighted by atomic mass is 16.5. The molecule has 20 heavy (non-hydrogen) atoms. The van der Waals surface area contributed by atoms with Gasteiger partial charge >= 0.3 is 0 Å². The van der Waals surface area contributed by atoms with Crippen molar-refractivity contribution in [3.8, 4) is 5.75 Å². The van der Waals surface area contributed by atoms with Crippen molar-refractivity contribution in [1.29, 1.82) is 0 Å². The molecule has 0 atom stereocenters. The summed E-state index contributed by atoms with van der Waals surface area (Å²) in [6, 6.07) is 8.54. The van der Waals surface area contributed by atoms with Crippen LogP contribution in [0.25, 0.3) is 0 Å². The molecule has 5 heteroatoms. The Balaban J connectivity index is 2.14. The van der Waals surface area contributed by atoms with Gasteiger partial charge in [0, 0.05) is 13.2 Å². The molecular formula is C15H16N2O3. The number of benzene rings is 1. The van der Waals surface area contributed by atoms with Gasteiger partial charge in [-0.05, 0) is 25.1 Å². The molecule has 2 aromatic rings. The van der Waals surface area contributed by atoms with Crippen LogP contribution in [0.4, 0.5) is 0 Å². The monoisotopic (exact) mass is 272 g/mol. The van der Waals surface area contributed by atoms with Gasteiger partial charge in [0.25, 0.3) is 0 Å². The number of Topliss-reactive ketones (excluding diaryl/α,β-unsaturated/α-hetero) is 2. The third-order valence-electron chi connectivity index (χ3n) is 2.81. The van der Waals surface area contributed by atoms with E-state index in [9.17, 15) is 9.59 Å². The van der Waals surface area contributed by atoms with E-state index in [1.165, 1.54) is 4.68 Å². The Labute approximate surface area is 117 Å². The highest BCUT2D eigenvalue weighted by molar-refractivity contribution is 6.13. The van der Waals surface area contributed by atoms with Crippen LogP contribution in [-0.4, -0.2) is 28.0 Å². The lowest BCUT2D eigenvalue weighted by Gasteiger charge is -2.08. The van der Waals surface area contributed by atoms with Gasteiger partial charge in [-0.25, -0.2) is 0 Å². The summed E-state index contributed by atoms with van der Waals surface area (Å²) in [6.07, 6.45) is 1.47. The Kier molecular flexibility index (Phi) is 4.30. The predicted molar refractivity (Wildman–Crippen MR) is 74.1 cm³/mol. The first kappa shape index (κ1) is 14.0. The number of aryl methyl sites for hydroxylation is 1. The summed E-state index contributed by atoms with van der Waals surface area (Å²) in [7, 11) is 1.73. The Hall–Kier alpha value is -2.43. The van der Waals surface area contributed by atoms with Gasteiger partial charge < -0.3 is 4.74 Å². The van der Waals surface area contributed by atoms with E-state index in [0.717, 1.165) is 0 Å². The smallest absolute Gasteiger partial charge is 0.190 e. The summed E-state index contributed by atoms with van der Waals surface area (Å²) in [5.41, 5.74) is 0.730. The molecule has 0 aliphatic carbocycles. The number of para-hydroxylation sites is 1. The van der Waals surface area contributed by atoms with Crippen LogP contribution in [0.3, 0.4) is 0 Å². The first-order valence-corrected chi connectivity index (χ1v) is 6.39. The van der Waals surface area contributed by atoms with Gasteiger partial charge in [-0.1, -0.05) is 12.1 Å². The van der Waals surface area contributed by atoms with Crippen LogP contribution >= 0.6 is 0 Å². The lowest BCUT2D eigenvalue weighted by atomic mass is 10.0. The van der Waals surface area contributed by atoms with E-state index in [1.54, 1.807) is 43.6 Å². The first-order chi connectivity index (χ1) is 9.61. The van der Waals surface area contributed by atoms with E-state index >= 15 is 0 Å². The van der Waals surface area contributed by atoms with Crippen molar-refractivity contribution in [2.45, 2.75) is 13.3 Å². The van der Waals surface area contributed by atoms with Crippen LogP contribution < -0.4 is 4.74 Å². The van der Waals surface area contributed by atoms with Crippen molar-refractivity contribution >= 4 is 11.6 Å². The van der Waals surface area contributed by atoms with Crippen LogP contribution in [-0.2, 0) is 7.05 Å². The summed E-state index contributed by atoms with van der Waals surface area (Å²) < 4.78 is 6.93. The van der Waals surface area contributed by atoms with Crippen LogP contribution in [0, 0.1) is 0 Å². The highest BCUT2D eigenvalue weighted by Gasteiger charge is 2.18. The maximum atomic E-state index is 12.2. The molecular weight excluding hydrogens is 256 g/mol. The molecule has 1 aromatic carbocycles. The Morgan fingerprint density at radius 2 is 1.95 bits per heavy atom. The SMILES string of the molecule is CCOc1ccccc1C(=O)CC(=O)c1ccn(C)n1. The van der Waals surface area contributed by atoms with E-state index in [-0.39, 0.29) is 18.0 Å². The molecule has 1 aromatic heterocycles. The zero-order valence-electron chi connectivity index (χ0n) is 11.5.